The number of benzene rings is 1. The van der Waals surface area contributed by atoms with Crippen molar-refractivity contribution in [1.29, 1.82) is 0 Å². The summed E-state index contributed by atoms with van der Waals surface area (Å²) in [4.78, 5) is 33.4. The molecule has 2 atom stereocenters. The second-order valence-corrected chi connectivity index (χ2v) is 4.32. The topological polar surface area (TPSA) is 136 Å². The zero-order chi connectivity index (χ0) is 15.7. The van der Waals surface area contributed by atoms with Crippen LogP contribution in [0, 0.1) is 10.1 Å². The van der Waals surface area contributed by atoms with E-state index in [9.17, 15) is 29.8 Å². The van der Waals surface area contributed by atoms with Crippen molar-refractivity contribution >= 4 is 24.7 Å². The van der Waals surface area contributed by atoms with Crippen LogP contribution in [0.25, 0.3) is 0 Å². The molecule has 0 amide bonds. The average Bonchev–Trinajstić information content (AvgIpc) is 2.75. The molecule has 2 N–H and O–H groups in total. The summed E-state index contributed by atoms with van der Waals surface area (Å²) in [7, 11) is -1.12. The van der Waals surface area contributed by atoms with E-state index < -0.39 is 35.9 Å². The van der Waals surface area contributed by atoms with Crippen LogP contribution in [0.4, 0.5) is 5.69 Å². The molecule has 21 heavy (non-hydrogen) atoms. The maximum Gasteiger partial charge on any atom is 0.470 e. The van der Waals surface area contributed by atoms with Crippen LogP contribution in [0.2, 0.25) is 5.82 Å². The van der Waals surface area contributed by atoms with Crippen molar-refractivity contribution in [3.63, 3.8) is 0 Å². The van der Waals surface area contributed by atoms with Crippen LogP contribution in [0.1, 0.15) is 22.0 Å². The lowest BCUT2D eigenvalue weighted by molar-refractivity contribution is -0.385. The average molecular weight is 295 g/mol. The van der Waals surface area contributed by atoms with E-state index in [-0.39, 0.29) is 16.8 Å². The van der Waals surface area contributed by atoms with Gasteiger partial charge >= 0.3 is 19.1 Å². The number of ether oxygens (including phenoxy) is 2. The molecule has 1 aliphatic heterocycles. The van der Waals surface area contributed by atoms with Gasteiger partial charge in [-0.25, -0.2) is 4.79 Å². The Balaban J connectivity index is 2.50. The zero-order valence-corrected chi connectivity index (χ0v) is 10.8. The van der Waals surface area contributed by atoms with Crippen LogP contribution < -0.4 is 0 Å². The highest BCUT2D eigenvalue weighted by Crippen LogP contribution is 2.41. The number of rotatable bonds is 4. The van der Waals surface area contributed by atoms with Crippen molar-refractivity contribution in [3.8, 4) is 0 Å². The van der Waals surface area contributed by atoms with Gasteiger partial charge in [0.1, 0.15) is 11.9 Å². The lowest BCUT2D eigenvalue weighted by Crippen LogP contribution is -2.33. The van der Waals surface area contributed by atoms with Gasteiger partial charge in [0.25, 0.3) is 5.69 Å². The number of hydrogen-bond donors (Lipinski definition) is 2. The molecule has 1 aromatic carbocycles. The van der Waals surface area contributed by atoms with Crippen LogP contribution >= 0.6 is 0 Å². The molecule has 0 saturated heterocycles. The first-order valence-electron chi connectivity index (χ1n) is 5.80. The molecule has 0 bridgehead atoms. The Kier molecular flexibility index (Phi) is 3.92. The number of nitro benzene ring substituents is 1. The summed E-state index contributed by atoms with van der Waals surface area (Å²) in [5.74, 6) is -3.41. The predicted octanol–water partition coefficient (Wildman–Crippen LogP) is -0.178. The van der Waals surface area contributed by atoms with Gasteiger partial charge < -0.3 is 19.5 Å². The molecule has 10 heteroatoms. The van der Waals surface area contributed by atoms with Crippen LogP contribution in [0.15, 0.2) is 18.2 Å². The van der Waals surface area contributed by atoms with E-state index in [1.165, 1.54) is 6.07 Å². The van der Waals surface area contributed by atoms with Gasteiger partial charge in [-0.2, -0.15) is 0 Å². The molecule has 1 aromatic rings. The third kappa shape index (κ3) is 2.58. The van der Waals surface area contributed by atoms with E-state index in [1.807, 2.05) is 0 Å². The molecule has 0 saturated carbocycles. The Morgan fingerprint density at radius 3 is 2.71 bits per heavy atom. The number of carbonyl (C=O) groups is 2. The molecule has 2 unspecified atom stereocenters. The molecule has 1 aliphatic rings. The molecule has 2 rings (SSSR count). The number of fused-ring (bicyclic) bond motifs is 1. The smallest absolute Gasteiger partial charge is 0.469 e. The van der Waals surface area contributed by atoms with Gasteiger partial charge in [0, 0.05) is 17.7 Å². The van der Waals surface area contributed by atoms with Gasteiger partial charge in [0.05, 0.1) is 17.6 Å². The first-order valence-corrected chi connectivity index (χ1v) is 5.80. The molecular formula is C11H10BNO8. The second kappa shape index (κ2) is 5.50. The molecule has 0 fully saturated rings. The van der Waals surface area contributed by atoms with Crippen LogP contribution in [-0.4, -0.2) is 41.1 Å². The lowest BCUT2D eigenvalue weighted by atomic mass is 9.68. The quantitative estimate of drug-likeness (QED) is 0.338. The normalized spacial score (nSPS) is 17.7. The fourth-order valence-corrected chi connectivity index (χ4v) is 2.13. The minimum Gasteiger partial charge on any atom is -0.469 e. The summed E-state index contributed by atoms with van der Waals surface area (Å²) in [6.07, 6.45) is -1.36. The molecule has 9 nitrogen and oxygen atoms in total. The standard InChI is InChI=1S/C11H10BNO8/c1-20-11(15)8(12(16)17)9-7-4-5(13(18)19)2-3-6(7)10(14)21-9/h2-4,8-9,16-17H,1H3. The van der Waals surface area contributed by atoms with Crippen molar-refractivity contribution in [2.75, 3.05) is 7.11 Å². The van der Waals surface area contributed by atoms with Crippen LogP contribution in [0.3, 0.4) is 0 Å². The van der Waals surface area contributed by atoms with Crippen molar-refractivity contribution in [3.05, 3.63) is 39.4 Å². The van der Waals surface area contributed by atoms with Crippen molar-refractivity contribution in [2.24, 2.45) is 0 Å². The van der Waals surface area contributed by atoms with Crippen molar-refractivity contribution < 1.29 is 34.0 Å². The third-order valence-electron chi connectivity index (χ3n) is 3.13. The second-order valence-electron chi connectivity index (χ2n) is 4.32. The Labute approximate surface area is 118 Å². The first kappa shape index (κ1) is 14.9. The maximum atomic E-state index is 11.7. The summed E-state index contributed by atoms with van der Waals surface area (Å²) in [5.41, 5.74) is -0.244. The predicted molar refractivity (Wildman–Crippen MR) is 67.2 cm³/mol. The Morgan fingerprint density at radius 1 is 1.52 bits per heavy atom. The Bertz CT molecular complexity index is 616. The van der Waals surface area contributed by atoms with E-state index in [4.69, 9.17) is 4.74 Å². The summed E-state index contributed by atoms with van der Waals surface area (Å²) < 4.78 is 9.36. The maximum absolute atomic E-state index is 11.7. The number of carbonyl (C=O) groups excluding carboxylic acids is 2. The molecule has 0 radical (unpaired) electrons. The minimum atomic E-state index is -2.15. The van der Waals surface area contributed by atoms with Crippen LogP contribution in [-0.2, 0) is 14.3 Å². The van der Waals surface area contributed by atoms with Crippen molar-refractivity contribution in [1.82, 2.24) is 0 Å². The lowest BCUT2D eigenvalue weighted by Gasteiger charge is -2.19. The monoisotopic (exact) mass is 295 g/mol. The number of nitro groups is 1. The highest BCUT2D eigenvalue weighted by Gasteiger charge is 2.47. The number of methoxy groups -OCH3 is 1. The van der Waals surface area contributed by atoms with E-state index in [1.54, 1.807) is 0 Å². The number of cyclic esters (lactones) is 1. The van der Waals surface area contributed by atoms with Gasteiger partial charge in [0.2, 0.25) is 0 Å². The van der Waals surface area contributed by atoms with Crippen molar-refractivity contribution in [2.45, 2.75) is 11.9 Å². The number of esters is 2. The van der Waals surface area contributed by atoms with Gasteiger partial charge in [0.15, 0.2) is 0 Å². The van der Waals surface area contributed by atoms with Crippen LogP contribution in [0.5, 0.6) is 0 Å². The van der Waals surface area contributed by atoms with Gasteiger partial charge in [-0.1, -0.05) is 0 Å². The van der Waals surface area contributed by atoms with E-state index in [0.29, 0.717) is 0 Å². The minimum absolute atomic E-state index is 0.0279. The van der Waals surface area contributed by atoms with E-state index >= 15 is 0 Å². The first-order chi connectivity index (χ1) is 9.86. The van der Waals surface area contributed by atoms with Gasteiger partial charge in [-0.05, 0) is 6.07 Å². The molecule has 0 aromatic heterocycles. The van der Waals surface area contributed by atoms with Gasteiger partial charge in [-0.15, -0.1) is 0 Å². The number of nitrogens with zero attached hydrogens (tertiary/aromatic N) is 1. The largest absolute Gasteiger partial charge is 0.470 e. The molecule has 110 valence electrons. The Morgan fingerprint density at radius 2 is 2.19 bits per heavy atom. The molecule has 0 spiro atoms. The fraction of sp³-hybridized carbons (Fsp3) is 0.273. The molecule has 0 aliphatic carbocycles. The summed E-state index contributed by atoms with van der Waals surface area (Å²) in [6, 6.07) is 3.36. The summed E-state index contributed by atoms with van der Waals surface area (Å²) >= 11 is 0. The summed E-state index contributed by atoms with van der Waals surface area (Å²) in [5, 5.41) is 29.4. The summed E-state index contributed by atoms with van der Waals surface area (Å²) in [6.45, 7) is 0. The molecular weight excluding hydrogens is 285 g/mol. The van der Waals surface area contributed by atoms with Gasteiger partial charge in [-0.3, -0.25) is 14.9 Å². The van der Waals surface area contributed by atoms with E-state index in [0.717, 1.165) is 19.2 Å². The zero-order valence-electron chi connectivity index (χ0n) is 10.8. The highest BCUT2D eigenvalue weighted by atomic mass is 16.6. The fourth-order valence-electron chi connectivity index (χ4n) is 2.13. The number of non-ortho nitro benzene ring substituents is 1. The molecule has 1 heterocycles. The Hall–Kier alpha value is -2.46. The third-order valence-corrected chi connectivity index (χ3v) is 3.13. The SMILES string of the molecule is COC(=O)C(B(O)O)C1OC(=O)c2ccc([N+](=O)[O-])cc21. The van der Waals surface area contributed by atoms with E-state index in [2.05, 4.69) is 4.74 Å². The highest BCUT2D eigenvalue weighted by molar-refractivity contribution is 6.49. The number of hydrogen-bond acceptors (Lipinski definition) is 8.